The maximum Gasteiger partial charge on any atom is 0.255 e. The van der Waals surface area contributed by atoms with Crippen molar-refractivity contribution in [2.75, 3.05) is 54.5 Å². The van der Waals surface area contributed by atoms with E-state index in [2.05, 4.69) is 45.2 Å². The summed E-state index contributed by atoms with van der Waals surface area (Å²) >= 11 is 0. The van der Waals surface area contributed by atoms with Gasteiger partial charge in [0.2, 0.25) is 0 Å². The van der Waals surface area contributed by atoms with Crippen LogP contribution in [0.2, 0.25) is 0 Å². The molecule has 38 heavy (non-hydrogen) atoms. The third-order valence-corrected chi connectivity index (χ3v) is 7.60. The van der Waals surface area contributed by atoms with Gasteiger partial charge in [0.25, 0.3) is 5.91 Å². The first-order valence-electron chi connectivity index (χ1n) is 13.0. The monoisotopic (exact) mass is 510 g/mol. The molecule has 9 nitrogen and oxygen atoms in total. The molecule has 1 amide bonds. The lowest BCUT2D eigenvalue weighted by Crippen LogP contribution is -2.51. The number of carbonyl (C=O) groups is 1. The standard InChI is InChI=1S/C29H30N6O3/c1-19-2-3-22(32-28(37)20-4-7-31-25(12-20)29(18-30)5-6-29)15-24(19)21-13-26(34-8-10-38-11-9-34)33-27(14-21)35-16-23(36)17-35/h2-4,7,12-15,23,36H,5-6,8-11,16-17H2,1H3,(H,32,37). The fraction of sp³-hybridized carbons (Fsp3) is 0.379. The van der Waals surface area contributed by atoms with Crippen molar-refractivity contribution in [2.24, 2.45) is 0 Å². The SMILES string of the molecule is Cc1ccc(NC(=O)c2ccnc(C3(C#N)CC3)c2)cc1-c1cc(N2CCOCC2)nc(N2CC(O)C2)c1. The van der Waals surface area contributed by atoms with Crippen molar-refractivity contribution in [3.05, 3.63) is 65.5 Å². The minimum Gasteiger partial charge on any atom is -0.389 e. The highest BCUT2D eigenvalue weighted by Crippen LogP contribution is 2.46. The van der Waals surface area contributed by atoms with Gasteiger partial charge in [-0.2, -0.15) is 5.26 Å². The van der Waals surface area contributed by atoms with E-state index >= 15 is 0 Å². The molecule has 3 fully saturated rings. The number of hydrogen-bond acceptors (Lipinski definition) is 8. The van der Waals surface area contributed by atoms with E-state index in [1.165, 1.54) is 0 Å². The molecule has 4 heterocycles. The highest BCUT2D eigenvalue weighted by atomic mass is 16.5. The van der Waals surface area contributed by atoms with Crippen molar-refractivity contribution >= 4 is 23.2 Å². The molecule has 9 heteroatoms. The van der Waals surface area contributed by atoms with Gasteiger partial charge in [-0.25, -0.2) is 4.98 Å². The second kappa shape index (κ2) is 9.71. The normalized spacial score (nSPS) is 18.4. The van der Waals surface area contributed by atoms with Crippen LogP contribution in [0, 0.1) is 18.3 Å². The molecule has 1 aliphatic carbocycles. The van der Waals surface area contributed by atoms with Gasteiger partial charge in [-0.15, -0.1) is 0 Å². The lowest BCUT2D eigenvalue weighted by Gasteiger charge is -2.38. The van der Waals surface area contributed by atoms with Gasteiger partial charge < -0.3 is 25.0 Å². The summed E-state index contributed by atoms with van der Waals surface area (Å²) in [6.45, 7) is 6.05. The van der Waals surface area contributed by atoms with E-state index in [-0.39, 0.29) is 12.0 Å². The Balaban J connectivity index is 1.30. The second-order valence-electron chi connectivity index (χ2n) is 10.3. The van der Waals surface area contributed by atoms with E-state index in [9.17, 15) is 15.2 Å². The lowest BCUT2D eigenvalue weighted by atomic mass is 9.99. The Kier molecular flexibility index (Phi) is 6.22. The molecule has 2 N–H and O–H groups in total. The number of aliphatic hydroxyl groups excluding tert-OH is 1. The summed E-state index contributed by atoms with van der Waals surface area (Å²) < 4.78 is 5.53. The predicted molar refractivity (Wildman–Crippen MR) is 144 cm³/mol. The molecular weight excluding hydrogens is 480 g/mol. The number of ether oxygens (including phenoxy) is 1. The Morgan fingerprint density at radius 2 is 1.84 bits per heavy atom. The van der Waals surface area contributed by atoms with Gasteiger partial charge in [0, 0.05) is 43.6 Å². The summed E-state index contributed by atoms with van der Waals surface area (Å²) in [7, 11) is 0. The molecule has 2 aromatic heterocycles. The predicted octanol–water partition coefficient (Wildman–Crippen LogP) is 3.28. The number of carbonyl (C=O) groups excluding carboxylic acids is 1. The van der Waals surface area contributed by atoms with E-state index < -0.39 is 5.41 Å². The molecule has 2 saturated heterocycles. The van der Waals surface area contributed by atoms with E-state index in [0.29, 0.717) is 43.2 Å². The first kappa shape index (κ1) is 24.3. The molecule has 2 aliphatic heterocycles. The van der Waals surface area contributed by atoms with Crippen LogP contribution in [-0.4, -0.2) is 66.5 Å². The molecule has 0 atom stereocenters. The van der Waals surface area contributed by atoms with Gasteiger partial charge >= 0.3 is 0 Å². The van der Waals surface area contributed by atoms with Crippen LogP contribution in [0.4, 0.5) is 17.3 Å². The first-order chi connectivity index (χ1) is 18.4. The van der Waals surface area contributed by atoms with Crippen molar-refractivity contribution in [3.63, 3.8) is 0 Å². The highest BCUT2D eigenvalue weighted by Gasteiger charge is 2.46. The van der Waals surface area contributed by atoms with Crippen LogP contribution < -0.4 is 15.1 Å². The Bertz CT molecular complexity index is 1420. The van der Waals surface area contributed by atoms with E-state index in [1.807, 2.05) is 18.2 Å². The molecular formula is C29H30N6O3. The summed E-state index contributed by atoms with van der Waals surface area (Å²) in [5.41, 5.74) is 4.36. The fourth-order valence-corrected chi connectivity index (χ4v) is 5.01. The molecule has 1 saturated carbocycles. The van der Waals surface area contributed by atoms with E-state index in [1.54, 1.807) is 18.3 Å². The Morgan fingerprint density at radius 3 is 2.53 bits per heavy atom. The van der Waals surface area contributed by atoms with Crippen molar-refractivity contribution in [2.45, 2.75) is 31.3 Å². The maximum absolute atomic E-state index is 13.1. The largest absolute Gasteiger partial charge is 0.389 e. The number of amides is 1. The van der Waals surface area contributed by atoms with Crippen LogP contribution in [-0.2, 0) is 10.2 Å². The van der Waals surface area contributed by atoms with Crippen LogP contribution >= 0.6 is 0 Å². The number of hydrogen-bond donors (Lipinski definition) is 2. The number of β-amino-alcohol motifs (C(OH)–C–C–N with tert-alkyl or cyclic N) is 1. The number of pyridine rings is 2. The topological polar surface area (TPSA) is 115 Å². The Hall–Kier alpha value is -4.00. The number of nitrogens with zero attached hydrogens (tertiary/aromatic N) is 5. The molecule has 1 aromatic carbocycles. The van der Waals surface area contributed by atoms with Crippen molar-refractivity contribution in [1.29, 1.82) is 5.26 Å². The van der Waals surface area contributed by atoms with Gasteiger partial charge in [0.15, 0.2) is 0 Å². The summed E-state index contributed by atoms with van der Waals surface area (Å²) in [6.07, 6.45) is 2.82. The Morgan fingerprint density at radius 1 is 1.11 bits per heavy atom. The highest BCUT2D eigenvalue weighted by molar-refractivity contribution is 6.04. The van der Waals surface area contributed by atoms with Gasteiger partial charge in [0.05, 0.1) is 36.5 Å². The number of aromatic nitrogens is 2. The van der Waals surface area contributed by atoms with Crippen LogP contribution in [0.5, 0.6) is 0 Å². The Labute approximate surface area is 221 Å². The minimum atomic E-state index is -0.545. The number of nitriles is 1. The smallest absolute Gasteiger partial charge is 0.255 e. The lowest BCUT2D eigenvalue weighted by molar-refractivity contribution is 0.102. The zero-order valence-electron chi connectivity index (χ0n) is 21.4. The van der Waals surface area contributed by atoms with Crippen molar-refractivity contribution in [3.8, 4) is 17.2 Å². The summed E-state index contributed by atoms with van der Waals surface area (Å²) in [4.78, 5) is 26.7. The van der Waals surface area contributed by atoms with E-state index in [0.717, 1.165) is 54.3 Å². The van der Waals surface area contributed by atoms with Gasteiger partial charge in [0.1, 0.15) is 11.6 Å². The molecule has 0 bridgehead atoms. The summed E-state index contributed by atoms with van der Waals surface area (Å²) in [5.74, 6) is 1.47. The number of morpholine rings is 1. The van der Waals surface area contributed by atoms with Gasteiger partial charge in [-0.1, -0.05) is 6.07 Å². The number of nitrogens with one attached hydrogen (secondary N) is 1. The van der Waals surface area contributed by atoms with Crippen LogP contribution in [0.25, 0.3) is 11.1 Å². The summed E-state index contributed by atoms with van der Waals surface area (Å²) in [5, 5.41) is 22.4. The maximum atomic E-state index is 13.1. The molecule has 0 spiro atoms. The third kappa shape index (κ3) is 4.69. The molecule has 194 valence electrons. The first-order valence-corrected chi connectivity index (χ1v) is 13.0. The average Bonchev–Trinajstić information content (AvgIpc) is 3.74. The second-order valence-corrected chi connectivity index (χ2v) is 10.3. The number of aliphatic hydroxyl groups is 1. The fourth-order valence-electron chi connectivity index (χ4n) is 5.01. The number of rotatable bonds is 6. The average molecular weight is 511 g/mol. The van der Waals surface area contributed by atoms with E-state index in [4.69, 9.17) is 9.72 Å². The summed E-state index contributed by atoms with van der Waals surface area (Å²) in [6, 6.07) is 15.8. The number of aryl methyl sites for hydroxylation is 1. The van der Waals surface area contributed by atoms with Crippen LogP contribution in [0.1, 0.15) is 34.5 Å². The van der Waals surface area contributed by atoms with Crippen LogP contribution in [0.15, 0.2) is 48.7 Å². The zero-order chi connectivity index (χ0) is 26.3. The molecule has 3 aromatic rings. The van der Waals surface area contributed by atoms with Crippen molar-refractivity contribution in [1.82, 2.24) is 9.97 Å². The zero-order valence-corrected chi connectivity index (χ0v) is 21.4. The number of benzene rings is 1. The molecule has 6 rings (SSSR count). The third-order valence-electron chi connectivity index (χ3n) is 7.60. The number of anilines is 3. The van der Waals surface area contributed by atoms with Gasteiger partial charge in [-0.05, 0) is 72.9 Å². The van der Waals surface area contributed by atoms with Crippen molar-refractivity contribution < 1.29 is 14.6 Å². The van der Waals surface area contributed by atoms with Crippen LogP contribution in [0.3, 0.4) is 0 Å². The van der Waals surface area contributed by atoms with Gasteiger partial charge in [-0.3, -0.25) is 9.78 Å². The quantitative estimate of drug-likeness (QED) is 0.519. The minimum absolute atomic E-state index is 0.240. The molecule has 0 unspecified atom stereocenters. The molecule has 0 radical (unpaired) electrons. The molecule has 3 aliphatic rings.